The lowest BCUT2D eigenvalue weighted by molar-refractivity contribution is 0.0303. The van der Waals surface area contributed by atoms with E-state index in [0.717, 1.165) is 22.5 Å². The van der Waals surface area contributed by atoms with Crippen LogP contribution in [0.15, 0.2) is 72.9 Å². The molecule has 12 heteroatoms. The van der Waals surface area contributed by atoms with Gasteiger partial charge in [0.15, 0.2) is 0 Å². The van der Waals surface area contributed by atoms with Crippen molar-refractivity contribution in [2.24, 2.45) is 0 Å². The molecule has 11 nitrogen and oxygen atoms in total. The summed E-state index contributed by atoms with van der Waals surface area (Å²) in [7, 11) is -1.33. The molecule has 3 aromatic carbocycles. The molecule has 0 radical (unpaired) electrons. The second-order valence-electron chi connectivity index (χ2n) is 13.4. The van der Waals surface area contributed by atoms with Crippen molar-refractivity contribution < 1.29 is 23.8 Å². The fourth-order valence-corrected chi connectivity index (χ4v) is 6.53. The highest BCUT2D eigenvalue weighted by Gasteiger charge is 2.25. The van der Waals surface area contributed by atoms with Crippen LogP contribution in [0.4, 0.5) is 5.82 Å². The number of hydrogen-bond acceptors (Lipinski definition) is 8. The highest BCUT2D eigenvalue weighted by molar-refractivity contribution is 6.76. The molecule has 0 atom stereocenters. The first-order valence-electron chi connectivity index (χ1n) is 16.3. The molecule has 0 saturated carbocycles. The number of nitrogens with two attached hydrogens (primary N) is 1. The molecular weight excluding hydrogens is 637 g/mol. The van der Waals surface area contributed by atoms with E-state index in [1.54, 1.807) is 52.0 Å². The van der Waals surface area contributed by atoms with Crippen LogP contribution < -0.4 is 10.5 Å². The Labute approximate surface area is 286 Å². The molecule has 1 aliphatic heterocycles. The third kappa shape index (κ3) is 7.44. The minimum atomic E-state index is -1.33. The van der Waals surface area contributed by atoms with Crippen molar-refractivity contribution in [2.75, 3.05) is 38.6 Å². The molecule has 1 saturated heterocycles. The number of nitriles is 1. The topological polar surface area (TPSA) is 138 Å². The van der Waals surface area contributed by atoms with E-state index in [-0.39, 0.29) is 29.8 Å². The Morgan fingerprint density at radius 3 is 2.53 bits per heavy atom. The largest absolute Gasteiger partial charge is 0.457 e. The van der Waals surface area contributed by atoms with Crippen molar-refractivity contribution in [3.63, 3.8) is 0 Å². The lowest BCUT2D eigenvalue weighted by atomic mass is 10.1. The third-order valence-corrected chi connectivity index (χ3v) is 10.2. The molecule has 0 unspecified atom stereocenters. The number of nitrogen functional groups attached to an aromatic ring is 1. The van der Waals surface area contributed by atoms with Gasteiger partial charge >= 0.3 is 0 Å². The van der Waals surface area contributed by atoms with Crippen molar-refractivity contribution >= 4 is 36.5 Å². The number of ether oxygens (including phenoxy) is 3. The molecule has 1 amide bonds. The highest BCUT2D eigenvalue weighted by Crippen LogP contribution is 2.30. The fourth-order valence-electron chi connectivity index (χ4n) is 5.77. The standard InChI is InChI=1S/C37H40N6O5Si/c1-25-18-30(48-29-7-5-6-26(19-29)22-38)9-11-32(25)43-36(39)31(23-40-43)35(44)34-21-28-20-27(37(45)41-12-14-46-15-13-41)8-10-33(28)42(34)24-47-16-17-49(2,3)4/h5-11,18-21,23H,12-17,24,39H2,1-4H3. The third-order valence-electron chi connectivity index (χ3n) is 8.54. The van der Waals surface area contributed by atoms with Gasteiger partial charge in [-0.05, 0) is 79.2 Å². The van der Waals surface area contributed by atoms with Gasteiger partial charge in [-0.1, -0.05) is 25.7 Å². The summed E-state index contributed by atoms with van der Waals surface area (Å²) < 4.78 is 20.9. The predicted octanol–water partition coefficient (Wildman–Crippen LogP) is 6.40. The molecule has 1 aliphatic rings. The molecule has 1 fully saturated rings. The summed E-state index contributed by atoms with van der Waals surface area (Å²) in [6.07, 6.45) is 1.48. The van der Waals surface area contributed by atoms with Gasteiger partial charge < -0.3 is 29.4 Å². The number of rotatable bonds is 11. The monoisotopic (exact) mass is 676 g/mol. The summed E-state index contributed by atoms with van der Waals surface area (Å²) in [4.78, 5) is 29.3. The summed E-state index contributed by atoms with van der Waals surface area (Å²) in [5.41, 5.74) is 10.6. The van der Waals surface area contributed by atoms with Gasteiger partial charge in [0.2, 0.25) is 5.78 Å². The van der Waals surface area contributed by atoms with E-state index < -0.39 is 8.07 Å². The quantitative estimate of drug-likeness (QED) is 0.0965. The predicted molar refractivity (Wildman–Crippen MR) is 190 cm³/mol. The number of morpholine rings is 1. The number of carbonyl (C=O) groups is 2. The van der Waals surface area contributed by atoms with Gasteiger partial charge in [0.1, 0.15) is 24.0 Å². The zero-order valence-electron chi connectivity index (χ0n) is 28.2. The van der Waals surface area contributed by atoms with E-state index in [2.05, 4.69) is 30.8 Å². The second-order valence-corrected chi connectivity index (χ2v) is 19.0. The Morgan fingerprint density at radius 2 is 1.80 bits per heavy atom. The van der Waals surface area contributed by atoms with E-state index in [4.69, 9.17) is 19.9 Å². The number of nitrogens with zero attached hydrogens (tertiary/aromatic N) is 5. The van der Waals surface area contributed by atoms with E-state index in [0.29, 0.717) is 66.9 Å². The number of aromatic nitrogens is 3. The van der Waals surface area contributed by atoms with Crippen molar-refractivity contribution in [2.45, 2.75) is 39.3 Å². The number of benzene rings is 3. The fraction of sp³-hybridized carbons (Fsp3) is 0.297. The highest BCUT2D eigenvalue weighted by atomic mass is 28.3. The summed E-state index contributed by atoms with van der Waals surface area (Å²) >= 11 is 0. The number of aryl methyl sites for hydroxylation is 1. The SMILES string of the molecule is Cc1cc(Oc2cccc(C#N)c2)ccc1-n1ncc(C(=O)c2cc3cc(C(=O)N4CCOCC4)ccc3n2COCC[Si](C)(C)C)c1N. The van der Waals surface area contributed by atoms with Crippen LogP contribution in [0.5, 0.6) is 11.5 Å². The van der Waals surface area contributed by atoms with Crippen molar-refractivity contribution in [1.82, 2.24) is 19.2 Å². The Morgan fingerprint density at radius 1 is 1.02 bits per heavy atom. The van der Waals surface area contributed by atoms with Crippen molar-refractivity contribution in [3.8, 4) is 23.3 Å². The molecule has 5 aromatic rings. The molecule has 6 rings (SSSR count). The minimum Gasteiger partial charge on any atom is -0.457 e. The number of fused-ring (bicyclic) bond motifs is 1. The number of amides is 1. The van der Waals surface area contributed by atoms with Crippen LogP contribution in [0, 0.1) is 18.3 Å². The molecule has 2 N–H and O–H groups in total. The van der Waals surface area contributed by atoms with Crippen LogP contribution in [0.3, 0.4) is 0 Å². The Hall–Kier alpha value is -5.22. The van der Waals surface area contributed by atoms with E-state index in [9.17, 15) is 14.9 Å². The number of hydrogen-bond donors (Lipinski definition) is 1. The lowest BCUT2D eigenvalue weighted by Gasteiger charge is -2.26. The minimum absolute atomic E-state index is 0.0646. The molecule has 0 aliphatic carbocycles. The zero-order valence-corrected chi connectivity index (χ0v) is 29.2. The maximum atomic E-state index is 14.2. The Balaban J connectivity index is 1.30. The van der Waals surface area contributed by atoms with Gasteiger partial charge in [-0.25, -0.2) is 4.68 Å². The van der Waals surface area contributed by atoms with Crippen LogP contribution in [-0.2, 0) is 16.2 Å². The first kappa shape index (κ1) is 33.7. The van der Waals surface area contributed by atoms with Crippen LogP contribution >= 0.6 is 0 Å². The molecule has 2 aromatic heterocycles. The molecule has 0 spiro atoms. The summed E-state index contributed by atoms with van der Waals surface area (Å²) in [6.45, 7) is 11.7. The molecule has 0 bridgehead atoms. The summed E-state index contributed by atoms with van der Waals surface area (Å²) in [5, 5.41) is 14.5. The first-order chi connectivity index (χ1) is 23.5. The Kier molecular flexibility index (Phi) is 9.69. The van der Waals surface area contributed by atoms with Crippen LogP contribution in [0.25, 0.3) is 16.6 Å². The van der Waals surface area contributed by atoms with E-state index in [1.165, 1.54) is 6.20 Å². The molecular formula is C37H40N6O5Si. The van der Waals surface area contributed by atoms with Crippen LogP contribution in [0.1, 0.15) is 37.5 Å². The van der Waals surface area contributed by atoms with E-state index >= 15 is 0 Å². The normalized spacial score (nSPS) is 13.4. The van der Waals surface area contributed by atoms with Gasteiger partial charge in [-0.2, -0.15) is 10.4 Å². The first-order valence-corrected chi connectivity index (χ1v) is 20.0. The molecule has 3 heterocycles. The maximum absolute atomic E-state index is 14.2. The molecule has 252 valence electrons. The maximum Gasteiger partial charge on any atom is 0.254 e. The Bertz CT molecular complexity index is 2070. The van der Waals surface area contributed by atoms with Crippen molar-refractivity contribution in [1.29, 1.82) is 5.26 Å². The number of carbonyl (C=O) groups excluding carboxylic acids is 2. The van der Waals surface area contributed by atoms with Gasteiger partial charge in [0.05, 0.1) is 53.5 Å². The summed E-state index contributed by atoms with van der Waals surface area (Å²) in [6, 6.07) is 22.8. The van der Waals surface area contributed by atoms with Gasteiger partial charge in [-0.15, -0.1) is 0 Å². The van der Waals surface area contributed by atoms with Gasteiger partial charge in [0, 0.05) is 38.7 Å². The zero-order chi connectivity index (χ0) is 34.7. The average molecular weight is 677 g/mol. The van der Waals surface area contributed by atoms with Crippen molar-refractivity contribution in [3.05, 3.63) is 101 Å². The van der Waals surface area contributed by atoms with E-state index in [1.807, 2.05) is 35.8 Å². The lowest BCUT2D eigenvalue weighted by Crippen LogP contribution is -2.40. The van der Waals surface area contributed by atoms with Gasteiger partial charge in [0.25, 0.3) is 5.91 Å². The smallest absolute Gasteiger partial charge is 0.254 e. The average Bonchev–Trinajstić information content (AvgIpc) is 3.66. The summed E-state index contributed by atoms with van der Waals surface area (Å²) in [5.74, 6) is 0.969. The number of anilines is 1. The number of ketones is 1. The second kappa shape index (κ2) is 14.1. The van der Waals surface area contributed by atoms with Gasteiger partial charge in [-0.3, -0.25) is 9.59 Å². The van der Waals surface area contributed by atoms with Crippen LogP contribution in [0.2, 0.25) is 25.7 Å². The molecule has 49 heavy (non-hydrogen) atoms. The van der Waals surface area contributed by atoms with Crippen LogP contribution in [-0.4, -0.2) is 71.9 Å².